The number of carbonyl (C=O) groups excluding carboxylic acids is 2. The van der Waals surface area contributed by atoms with Crippen LogP contribution in [-0.2, 0) is 30.7 Å². The van der Waals surface area contributed by atoms with Crippen molar-refractivity contribution in [2.75, 3.05) is 31.6 Å². The lowest BCUT2D eigenvalue weighted by Gasteiger charge is -2.45. The van der Waals surface area contributed by atoms with Gasteiger partial charge < -0.3 is 25.4 Å². The number of carbonyl (C=O) groups is 2. The van der Waals surface area contributed by atoms with E-state index in [0.29, 0.717) is 31.1 Å². The summed E-state index contributed by atoms with van der Waals surface area (Å²) in [6.07, 6.45) is 2.52. The van der Waals surface area contributed by atoms with Crippen LogP contribution in [0.1, 0.15) is 76.8 Å². The fourth-order valence-corrected chi connectivity index (χ4v) is 9.37. The number of anilines is 1. The molecule has 2 saturated heterocycles. The van der Waals surface area contributed by atoms with Gasteiger partial charge in [0.1, 0.15) is 11.4 Å². The molecule has 48 heavy (non-hydrogen) atoms. The van der Waals surface area contributed by atoms with Crippen LogP contribution in [0.4, 0.5) is 14.9 Å². The summed E-state index contributed by atoms with van der Waals surface area (Å²) in [5.74, 6) is -1.18. The topological polar surface area (TPSA) is 131 Å². The van der Waals surface area contributed by atoms with E-state index in [9.17, 15) is 18.0 Å². The van der Waals surface area contributed by atoms with Crippen LogP contribution in [0, 0.1) is 11.7 Å². The van der Waals surface area contributed by atoms with Crippen LogP contribution in [-0.4, -0.2) is 84.9 Å². The molecule has 1 aliphatic carbocycles. The summed E-state index contributed by atoms with van der Waals surface area (Å²) in [4.78, 5) is 28.4. The van der Waals surface area contributed by atoms with Crippen molar-refractivity contribution in [1.29, 1.82) is 0 Å². The normalized spacial score (nSPS) is 22.6. The predicted molar refractivity (Wildman–Crippen MR) is 184 cm³/mol. The molecule has 4 atom stereocenters. The maximum Gasteiger partial charge on any atom is 0.410 e. The van der Waals surface area contributed by atoms with E-state index in [4.69, 9.17) is 26.8 Å². The summed E-state index contributed by atoms with van der Waals surface area (Å²) < 4.78 is 55.4. The highest BCUT2D eigenvalue weighted by Crippen LogP contribution is 2.37. The monoisotopic (exact) mass is 706 g/mol. The number of nitrogens with two attached hydrogens (primary N) is 1. The highest BCUT2D eigenvalue weighted by molar-refractivity contribution is 7.90. The number of benzene rings is 2. The number of rotatable bonds is 10. The molecule has 264 valence electrons. The Bertz CT molecular complexity index is 1560. The molecule has 3 aliphatic rings. The minimum absolute atomic E-state index is 0.105. The first-order valence-electron chi connectivity index (χ1n) is 16.8. The van der Waals surface area contributed by atoms with E-state index in [0.717, 1.165) is 18.4 Å². The summed E-state index contributed by atoms with van der Waals surface area (Å²) in [5.41, 5.74) is 7.40. The number of hydrogen-bond acceptors (Lipinski definition) is 7. The third-order valence-corrected chi connectivity index (χ3v) is 12.2. The van der Waals surface area contributed by atoms with Gasteiger partial charge in [-0.15, -0.1) is 0 Å². The van der Waals surface area contributed by atoms with Crippen molar-refractivity contribution in [3.05, 3.63) is 64.4 Å². The lowest BCUT2D eigenvalue weighted by Crippen LogP contribution is -2.61. The van der Waals surface area contributed by atoms with Crippen molar-refractivity contribution < 1.29 is 31.9 Å². The van der Waals surface area contributed by atoms with Gasteiger partial charge in [-0.25, -0.2) is 17.6 Å². The van der Waals surface area contributed by atoms with Crippen LogP contribution in [0.2, 0.25) is 5.02 Å². The summed E-state index contributed by atoms with van der Waals surface area (Å²) in [6, 6.07) is 9.75. The fraction of sp³-hybridized carbons (Fsp3) is 0.600. The van der Waals surface area contributed by atoms with Crippen LogP contribution in [0.15, 0.2) is 42.5 Å². The van der Waals surface area contributed by atoms with Crippen molar-refractivity contribution in [2.45, 2.75) is 101 Å². The standard InChI is InChI=1S/C35H48ClFN4O6S/c1-22-20-40(34(43)47-35(2,3)4)21-26(41(22)48(44,45)27-13-14-27)12-15-28-29(37)6-5-7-30(28)39-33(42)32(38)31(24-16-18-46-19-17-24)23-8-10-25(36)11-9-23/h5-11,22,24,26-27,31-32H,12-21,38H2,1-4H3,(H,39,42)/t22-,26-,31-,32-/m0/s1. The quantitative estimate of drug-likeness (QED) is 0.325. The molecular weight excluding hydrogens is 659 g/mol. The number of halogens is 2. The van der Waals surface area contributed by atoms with Gasteiger partial charge >= 0.3 is 6.09 Å². The van der Waals surface area contributed by atoms with Crippen molar-refractivity contribution in [3.63, 3.8) is 0 Å². The van der Waals surface area contributed by atoms with Crippen LogP contribution >= 0.6 is 11.6 Å². The predicted octanol–water partition coefficient (Wildman–Crippen LogP) is 5.69. The Labute approximate surface area is 288 Å². The molecule has 0 spiro atoms. The van der Waals surface area contributed by atoms with Gasteiger partial charge in [0.2, 0.25) is 15.9 Å². The summed E-state index contributed by atoms with van der Waals surface area (Å²) >= 11 is 6.15. The SMILES string of the molecule is C[C@H]1CN(C(=O)OC(C)(C)C)C[C@H](CCc2c(F)cccc2NC(=O)[C@@H](N)[C@@H](c2ccc(Cl)cc2)C2CCOCC2)N1S(=O)(=O)C1CC1. The molecule has 2 heterocycles. The number of piperazine rings is 1. The number of hydrogen-bond donors (Lipinski definition) is 2. The first-order valence-corrected chi connectivity index (χ1v) is 18.7. The average Bonchev–Trinajstić information content (AvgIpc) is 3.88. The largest absolute Gasteiger partial charge is 0.444 e. The first-order chi connectivity index (χ1) is 22.7. The van der Waals surface area contributed by atoms with Crippen molar-refractivity contribution in [2.24, 2.45) is 11.7 Å². The molecule has 3 fully saturated rings. The van der Waals surface area contributed by atoms with E-state index in [2.05, 4.69) is 5.32 Å². The van der Waals surface area contributed by atoms with Gasteiger partial charge in [0, 0.05) is 60.6 Å². The maximum atomic E-state index is 15.5. The van der Waals surface area contributed by atoms with E-state index < -0.39 is 56.8 Å². The fourth-order valence-electron chi connectivity index (χ4n) is 7.01. The molecule has 0 aromatic heterocycles. The van der Waals surface area contributed by atoms with Gasteiger partial charge in [0.25, 0.3) is 0 Å². The molecule has 2 amide bonds. The second-order valence-electron chi connectivity index (χ2n) is 14.3. The third kappa shape index (κ3) is 8.68. The zero-order valence-corrected chi connectivity index (χ0v) is 29.7. The number of sulfonamides is 1. The van der Waals surface area contributed by atoms with E-state index >= 15 is 4.39 Å². The highest BCUT2D eigenvalue weighted by atomic mass is 35.5. The molecular formula is C35H48ClFN4O6S. The third-order valence-electron chi connectivity index (χ3n) is 9.42. The van der Waals surface area contributed by atoms with E-state index in [1.807, 2.05) is 12.1 Å². The van der Waals surface area contributed by atoms with E-state index in [1.165, 1.54) is 21.3 Å². The van der Waals surface area contributed by atoms with Gasteiger partial charge in [-0.2, -0.15) is 4.31 Å². The number of amides is 2. The van der Waals surface area contributed by atoms with E-state index in [1.54, 1.807) is 45.9 Å². The molecule has 5 rings (SSSR count). The highest BCUT2D eigenvalue weighted by Gasteiger charge is 2.48. The minimum Gasteiger partial charge on any atom is -0.444 e. The summed E-state index contributed by atoms with van der Waals surface area (Å²) in [5, 5.41) is 3.03. The van der Waals surface area contributed by atoms with Crippen LogP contribution in [0.25, 0.3) is 0 Å². The zero-order valence-electron chi connectivity index (χ0n) is 28.2. The average molecular weight is 707 g/mol. The second kappa shape index (κ2) is 15.0. The number of nitrogens with zero attached hydrogens (tertiary/aromatic N) is 2. The smallest absolute Gasteiger partial charge is 0.410 e. The summed E-state index contributed by atoms with van der Waals surface area (Å²) in [6.45, 7) is 8.58. The van der Waals surface area contributed by atoms with Gasteiger partial charge in [0.05, 0.1) is 11.3 Å². The number of ether oxygens (including phenoxy) is 2. The van der Waals surface area contributed by atoms with Gasteiger partial charge in [-0.3, -0.25) is 4.79 Å². The summed E-state index contributed by atoms with van der Waals surface area (Å²) in [7, 11) is -3.62. The Morgan fingerprint density at radius 3 is 2.38 bits per heavy atom. The molecule has 2 aliphatic heterocycles. The maximum absolute atomic E-state index is 15.5. The van der Waals surface area contributed by atoms with E-state index in [-0.39, 0.29) is 49.0 Å². The zero-order chi connectivity index (χ0) is 34.8. The number of nitrogens with one attached hydrogen (secondary N) is 1. The molecule has 1 saturated carbocycles. The molecule has 2 aromatic rings. The molecule has 0 radical (unpaired) electrons. The minimum atomic E-state index is -3.62. The Hall–Kier alpha value is -2.77. The van der Waals surface area contributed by atoms with Crippen molar-refractivity contribution in [1.82, 2.24) is 9.21 Å². The Kier molecular flexibility index (Phi) is 11.4. The van der Waals surface area contributed by atoms with Crippen LogP contribution < -0.4 is 11.1 Å². The Balaban J connectivity index is 1.36. The van der Waals surface area contributed by atoms with Gasteiger partial charge in [-0.05, 0) is 102 Å². The first kappa shape index (κ1) is 36.5. The Morgan fingerprint density at radius 2 is 1.75 bits per heavy atom. The molecule has 10 nitrogen and oxygen atoms in total. The molecule has 2 aromatic carbocycles. The van der Waals surface area contributed by atoms with Crippen LogP contribution in [0.3, 0.4) is 0 Å². The van der Waals surface area contributed by atoms with Crippen molar-refractivity contribution >= 4 is 39.3 Å². The molecule has 3 N–H and O–H groups in total. The molecule has 0 bridgehead atoms. The van der Waals surface area contributed by atoms with Crippen molar-refractivity contribution in [3.8, 4) is 0 Å². The van der Waals surface area contributed by atoms with Gasteiger partial charge in [-0.1, -0.05) is 29.8 Å². The Morgan fingerprint density at radius 1 is 1.08 bits per heavy atom. The van der Waals surface area contributed by atoms with Gasteiger partial charge in [0.15, 0.2) is 0 Å². The lowest BCUT2D eigenvalue weighted by atomic mass is 9.76. The second-order valence-corrected chi connectivity index (χ2v) is 16.9. The molecule has 13 heteroatoms. The van der Waals surface area contributed by atoms with Crippen LogP contribution in [0.5, 0.6) is 0 Å². The molecule has 0 unspecified atom stereocenters. The lowest BCUT2D eigenvalue weighted by molar-refractivity contribution is -0.118.